The highest BCUT2D eigenvalue weighted by Gasteiger charge is 2.23. The molecular weight excluding hydrogens is 437 g/mol. The Morgan fingerprint density at radius 1 is 1.36 bits per heavy atom. The molecule has 1 N–H and O–H groups in total. The fraction of sp³-hybridized carbons (Fsp3) is 0.280. The monoisotopic (exact) mass is 461 g/mol. The van der Waals surface area contributed by atoms with Crippen molar-refractivity contribution in [3.05, 3.63) is 82.4 Å². The number of aromatic nitrogens is 4. The number of halogens is 1. The number of pyridine rings is 1. The van der Waals surface area contributed by atoms with Gasteiger partial charge in [-0.25, -0.2) is 15.0 Å². The first-order chi connectivity index (χ1) is 16.0. The number of carbonyl (C=O) groups excluding carboxylic acids is 1. The standard InChI is InChI=1S/C25H24FN5OS/c1-16-5-8-22-21(28-15-31(22)13-16)7-6-19-14-33-25(29-19)30-24(32)20-4-2-3-18(20)11-17-9-10-27-23(26)12-17/h2-4,6-7,9-10,12,14-16,18H,5,8,11,13H2,1H3,(H,29,30,32)/b7-6+. The number of nitrogens with one attached hydrogen (secondary N) is 1. The van der Waals surface area contributed by atoms with Gasteiger partial charge in [-0.2, -0.15) is 4.39 Å². The van der Waals surface area contributed by atoms with Gasteiger partial charge in [0.2, 0.25) is 5.95 Å². The summed E-state index contributed by atoms with van der Waals surface area (Å²) in [6, 6.07) is 3.17. The third-order valence-electron chi connectivity index (χ3n) is 6.04. The molecular formula is C25H24FN5OS. The Kier molecular flexibility index (Phi) is 6.00. The van der Waals surface area contributed by atoms with E-state index in [1.54, 1.807) is 12.1 Å². The molecule has 168 valence electrons. The van der Waals surface area contributed by atoms with E-state index in [1.807, 2.05) is 36.0 Å². The SMILES string of the molecule is CC1CCc2c(/C=C/c3csc(NC(=O)C4=CC=CC4Cc4ccnc(F)c4)n3)ncn2C1. The van der Waals surface area contributed by atoms with Gasteiger partial charge in [0, 0.05) is 35.3 Å². The molecule has 2 unspecified atom stereocenters. The van der Waals surface area contributed by atoms with Crippen molar-refractivity contribution in [1.29, 1.82) is 0 Å². The second kappa shape index (κ2) is 9.23. The van der Waals surface area contributed by atoms with Crippen LogP contribution in [0.2, 0.25) is 0 Å². The summed E-state index contributed by atoms with van der Waals surface area (Å²) >= 11 is 1.38. The maximum Gasteiger partial charge on any atom is 0.253 e. The van der Waals surface area contributed by atoms with E-state index in [0.29, 0.717) is 23.0 Å². The summed E-state index contributed by atoms with van der Waals surface area (Å²) in [5.41, 5.74) is 4.48. The highest BCUT2D eigenvalue weighted by Crippen LogP contribution is 2.27. The number of rotatable bonds is 6. The van der Waals surface area contributed by atoms with Gasteiger partial charge >= 0.3 is 0 Å². The number of imidazole rings is 1. The zero-order valence-electron chi connectivity index (χ0n) is 18.2. The van der Waals surface area contributed by atoms with Crippen LogP contribution in [-0.2, 0) is 24.2 Å². The van der Waals surface area contributed by atoms with E-state index in [4.69, 9.17) is 0 Å². The molecule has 0 spiro atoms. The molecule has 33 heavy (non-hydrogen) atoms. The van der Waals surface area contributed by atoms with E-state index < -0.39 is 5.95 Å². The van der Waals surface area contributed by atoms with Gasteiger partial charge in [0.05, 0.1) is 17.7 Å². The van der Waals surface area contributed by atoms with Crippen LogP contribution in [0.3, 0.4) is 0 Å². The summed E-state index contributed by atoms with van der Waals surface area (Å²) < 4.78 is 15.6. The van der Waals surface area contributed by atoms with Crippen LogP contribution in [0.25, 0.3) is 12.2 Å². The molecule has 3 aromatic rings. The number of allylic oxidation sites excluding steroid dienone is 3. The Balaban J connectivity index is 1.22. The van der Waals surface area contributed by atoms with Crippen LogP contribution in [0.5, 0.6) is 0 Å². The molecule has 1 aliphatic carbocycles. The number of thiazole rings is 1. The second-order valence-corrected chi connectivity index (χ2v) is 9.40. The van der Waals surface area contributed by atoms with E-state index in [9.17, 15) is 9.18 Å². The molecule has 0 aromatic carbocycles. The fourth-order valence-corrected chi connectivity index (χ4v) is 4.99. The fourth-order valence-electron chi connectivity index (χ4n) is 4.32. The van der Waals surface area contributed by atoms with Crippen LogP contribution in [0.4, 0.5) is 9.52 Å². The Morgan fingerprint density at radius 2 is 2.27 bits per heavy atom. The minimum Gasteiger partial charge on any atom is -0.334 e. The summed E-state index contributed by atoms with van der Waals surface area (Å²) in [6.07, 6.45) is 15.7. The first-order valence-electron chi connectivity index (χ1n) is 11.0. The number of nitrogens with zero attached hydrogens (tertiary/aromatic N) is 4. The summed E-state index contributed by atoms with van der Waals surface area (Å²) in [5, 5.41) is 5.35. The quantitative estimate of drug-likeness (QED) is 0.529. The molecule has 0 saturated carbocycles. The van der Waals surface area contributed by atoms with Crippen molar-refractivity contribution in [2.24, 2.45) is 11.8 Å². The summed E-state index contributed by atoms with van der Waals surface area (Å²) in [5.74, 6) is -0.134. The van der Waals surface area contributed by atoms with Crippen molar-refractivity contribution in [3.63, 3.8) is 0 Å². The van der Waals surface area contributed by atoms with Crippen LogP contribution in [0.1, 0.15) is 36.0 Å². The zero-order chi connectivity index (χ0) is 22.8. The number of fused-ring (bicyclic) bond motifs is 1. The molecule has 1 aliphatic heterocycles. The molecule has 5 rings (SSSR count). The molecule has 6 nitrogen and oxygen atoms in total. The molecule has 2 atom stereocenters. The van der Waals surface area contributed by atoms with Crippen LogP contribution in [0, 0.1) is 17.8 Å². The molecule has 0 saturated heterocycles. The smallest absolute Gasteiger partial charge is 0.253 e. The summed E-state index contributed by atoms with van der Waals surface area (Å²) in [4.78, 5) is 25.5. The third-order valence-corrected chi connectivity index (χ3v) is 6.82. The number of carbonyl (C=O) groups is 1. The highest BCUT2D eigenvalue weighted by atomic mass is 32.1. The molecule has 4 heterocycles. The zero-order valence-corrected chi connectivity index (χ0v) is 19.1. The number of hydrogen-bond acceptors (Lipinski definition) is 5. The lowest BCUT2D eigenvalue weighted by atomic mass is 9.94. The van der Waals surface area contributed by atoms with Crippen molar-refractivity contribution >= 4 is 34.5 Å². The van der Waals surface area contributed by atoms with Crippen LogP contribution >= 0.6 is 11.3 Å². The molecule has 2 aliphatic rings. The number of amides is 1. The van der Waals surface area contributed by atoms with Crippen LogP contribution in [0.15, 0.2) is 53.8 Å². The van der Waals surface area contributed by atoms with E-state index >= 15 is 0 Å². The van der Waals surface area contributed by atoms with Gasteiger partial charge in [-0.05, 0) is 55.0 Å². The van der Waals surface area contributed by atoms with E-state index in [1.165, 1.54) is 35.7 Å². The summed E-state index contributed by atoms with van der Waals surface area (Å²) in [6.45, 7) is 3.28. The van der Waals surface area contributed by atoms with Crippen molar-refractivity contribution in [2.45, 2.75) is 32.7 Å². The largest absolute Gasteiger partial charge is 0.334 e. The lowest BCUT2D eigenvalue weighted by molar-refractivity contribution is -0.113. The van der Waals surface area contributed by atoms with E-state index in [2.05, 4.69) is 31.8 Å². The number of anilines is 1. The third kappa shape index (κ3) is 4.85. The van der Waals surface area contributed by atoms with Gasteiger partial charge < -0.3 is 4.57 Å². The molecule has 0 fully saturated rings. The Morgan fingerprint density at radius 3 is 3.15 bits per heavy atom. The Bertz CT molecular complexity index is 1270. The van der Waals surface area contributed by atoms with E-state index in [0.717, 1.165) is 29.9 Å². The van der Waals surface area contributed by atoms with Gasteiger partial charge in [-0.15, -0.1) is 11.3 Å². The average Bonchev–Trinajstić information content (AvgIpc) is 3.52. The average molecular weight is 462 g/mol. The van der Waals surface area contributed by atoms with Gasteiger partial charge in [0.25, 0.3) is 5.91 Å². The number of hydrogen-bond donors (Lipinski definition) is 1. The lowest BCUT2D eigenvalue weighted by Crippen LogP contribution is -2.19. The maximum absolute atomic E-state index is 13.4. The van der Waals surface area contributed by atoms with Crippen molar-refractivity contribution < 1.29 is 9.18 Å². The van der Waals surface area contributed by atoms with Crippen molar-refractivity contribution in [2.75, 3.05) is 5.32 Å². The molecule has 3 aromatic heterocycles. The van der Waals surface area contributed by atoms with Crippen molar-refractivity contribution in [1.82, 2.24) is 19.5 Å². The minimum absolute atomic E-state index is 0.110. The topological polar surface area (TPSA) is 72.7 Å². The Labute approximate surface area is 195 Å². The molecule has 0 radical (unpaired) electrons. The molecule has 8 heteroatoms. The van der Waals surface area contributed by atoms with Gasteiger partial charge in [0.1, 0.15) is 0 Å². The normalized spacial score (nSPS) is 19.6. The van der Waals surface area contributed by atoms with Crippen molar-refractivity contribution in [3.8, 4) is 0 Å². The van der Waals surface area contributed by atoms with Crippen LogP contribution in [-0.4, -0.2) is 25.4 Å². The first kappa shape index (κ1) is 21.5. The summed E-state index contributed by atoms with van der Waals surface area (Å²) in [7, 11) is 0. The van der Waals surface area contributed by atoms with Gasteiger partial charge in [-0.3, -0.25) is 10.1 Å². The predicted octanol–water partition coefficient (Wildman–Crippen LogP) is 4.92. The second-order valence-electron chi connectivity index (χ2n) is 8.54. The van der Waals surface area contributed by atoms with E-state index in [-0.39, 0.29) is 11.8 Å². The van der Waals surface area contributed by atoms with Gasteiger partial charge in [-0.1, -0.05) is 25.2 Å². The first-order valence-corrected chi connectivity index (χ1v) is 11.9. The molecule has 1 amide bonds. The minimum atomic E-state index is -0.515. The van der Waals surface area contributed by atoms with Gasteiger partial charge in [0.15, 0.2) is 5.13 Å². The molecule has 0 bridgehead atoms. The lowest BCUT2D eigenvalue weighted by Gasteiger charge is -2.20. The Hall–Kier alpha value is -3.39. The maximum atomic E-state index is 13.4. The highest BCUT2D eigenvalue weighted by molar-refractivity contribution is 7.14. The predicted molar refractivity (Wildman–Crippen MR) is 128 cm³/mol. The van der Waals surface area contributed by atoms with Crippen LogP contribution < -0.4 is 5.32 Å².